The summed E-state index contributed by atoms with van der Waals surface area (Å²) in [6.45, 7) is 0. The van der Waals surface area contributed by atoms with Gasteiger partial charge in [-0.2, -0.15) is 0 Å². The van der Waals surface area contributed by atoms with Gasteiger partial charge in [0.05, 0.1) is 24.7 Å². The molecule has 0 unspecified atom stereocenters. The Hall–Kier alpha value is -2.04. The highest BCUT2D eigenvalue weighted by molar-refractivity contribution is 5.56. The predicted octanol–water partition coefficient (Wildman–Crippen LogP) is 1.06. The van der Waals surface area contributed by atoms with E-state index in [1.807, 2.05) is 6.07 Å². The number of H-pyrrole nitrogens is 1. The van der Waals surface area contributed by atoms with Crippen LogP contribution in [0.3, 0.4) is 0 Å². The smallest absolute Gasteiger partial charge is 0.197 e. The molecular formula is C9H10N4O. The summed E-state index contributed by atoms with van der Waals surface area (Å²) in [6.07, 6.45) is 3.31. The molecule has 0 atom stereocenters. The minimum absolute atomic E-state index is 0.379. The zero-order chi connectivity index (χ0) is 9.97. The van der Waals surface area contributed by atoms with Crippen LogP contribution in [-0.2, 0) is 0 Å². The third-order valence-electron chi connectivity index (χ3n) is 1.84. The van der Waals surface area contributed by atoms with E-state index in [-0.39, 0.29) is 0 Å². The van der Waals surface area contributed by atoms with Crippen LogP contribution in [0.25, 0.3) is 11.4 Å². The Morgan fingerprint density at radius 3 is 2.93 bits per heavy atom. The Kier molecular flexibility index (Phi) is 2.06. The molecule has 14 heavy (non-hydrogen) atoms. The van der Waals surface area contributed by atoms with Crippen molar-refractivity contribution in [3.8, 4) is 17.1 Å². The average molecular weight is 190 g/mol. The van der Waals surface area contributed by atoms with Crippen LogP contribution in [0.4, 0.5) is 5.95 Å². The van der Waals surface area contributed by atoms with Gasteiger partial charge in [-0.25, -0.2) is 4.98 Å². The number of imidazole rings is 1. The van der Waals surface area contributed by atoms with E-state index >= 15 is 0 Å². The molecule has 0 spiro atoms. The van der Waals surface area contributed by atoms with Gasteiger partial charge >= 0.3 is 0 Å². The van der Waals surface area contributed by atoms with Crippen LogP contribution in [0.5, 0.6) is 5.75 Å². The Balaban J connectivity index is 2.41. The molecule has 2 rings (SSSR count). The Morgan fingerprint density at radius 2 is 2.29 bits per heavy atom. The lowest BCUT2D eigenvalue weighted by atomic mass is 10.3. The van der Waals surface area contributed by atoms with Gasteiger partial charge < -0.3 is 15.5 Å². The van der Waals surface area contributed by atoms with Gasteiger partial charge in [-0.1, -0.05) is 0 Å². The van der Waals surface area contributed by atoms with Crippen molar-refractivity contribution in [1.29, 1.82) is 0 Å². The molecule has 72 valence electrons. The number of nitrogens with zero attached hydrogens (tertiary/aromatic N) is 2. The molecule has 0 aliphatic rings. The van der Waals surface area contributed by atoms with Crippen LogP contribution in [0.1, 0.15) is 0 Å². The second kappa shape index (κ2) is 3.37. The number of methoxy groups -OCH3 is 1. The number of nitrogens with two attached hydrogens (primary N) is 1. The third kappa shape index (κ3) is 1.52. The highest BCUT2D eigenvalue weighted by Gasteiger charge is 2.03. The Bertz CT molecular complexity index is 438. The van der Waals surface area contributed by atoms with Crippen molar-refractivity contribution < 1.29 is 4.74 Å². The predicted molar refractivity (Wildman–Crippen MR) is 52.8 cm³/mol. The van der Waals surface area contributed by atoms with E-state index in [0.29, 0.717) is 5.95 Å². The molecule has 5 nitrogen and oxygen atoms in total. The Labute approximate surface area is 81.0 Å². The van der Waals surface area contributed by atoms with Crippen molar-refractivity contribution >= 4 is 5.95 Å². The summed E-state index contributed by atoms with van der Waals surface area (Å²) in [5.41, 5.74) is 7.00. The summed E-state index contributed by atoms with van der Waals surface area (Å²) in [5.74, 6) is 1.13. The molecular weight excluding hydrogens is 180 g/mol. The number of hydrogen-bond donors (Lipinski definition) is 2. The summed E-state index contributed by atoms with van der Waals surface area (Å²) in [5, 5.41) is 0. The molecule has 2 heterocycles. The number of rotatable bonds is 2. The lowest BCUT2D eigenvalue weighted by Gasteiger charge is -2.00. The minimum Gasteiger partial charge on any atom is -0.497 e. The molecule has 0 aromatic carbocycles. The van der Waals surface area contributed by atoms with Crippen LogP contribution < -0.4 is 10.5 Å². The molecule has 0 bridgehead atoms. The summed E-state index contributed by atoms with van der Waals surface area (Å²) >= 11 is 0. The Morgan fingerprint density at radius 1 is 1.43 bits per heavy atom. The second-order valence-corrected chi connectivity index (χ2v) is 2.76. The van der Waals surface area contributed by atoms with Gasteiger partial charge in [0.1, 0.15) is 5.75 Å². The quantitative estimate of drug-likeness (QED) is 0.742. The highest BCUT2D eigenvalue weighted by Crippen LogP contribution is 2.19. The van der Waals surface area contributed by atoms with E-state index in [1.165, 1.54) is 0 Å². The van der Waals surface area contributed by atoms with Gasteiger partial charge in [0.2, 0.25) is 0 Å². The van der Waals surface area contributed by atoms with Gasteiger partial charge in [-0.05, 0) is 6.07 Å². The first-order chi connectivity index (χ1) is 6.79. The number of hydrogen-bond acceptors (Lipinski definition) is 4. The minimum atomic E-state index is 0.379. The number of aromatic amines is 1. The molecule has 0 fully saturated rings. The van der Waals surface area contributed by atoms with Crippen LogP contribution in [-0.4, -0.2) is 22.1 Å². The molecule has 0 aliphatic heterocycles. The number of ether oxygens (including phenoxy) is 1. The summed E-state index contributed by atoms with van der Waals surface area (Å²) < 4.78 is 5.08. The van der Waals surface area contributed by atoms with Gasteiger partial charge in [0.15, 0.2) is 5.95 Å². The molecule has 0 saturated carbocycles. The average Bonchev–Trinajstić information content (AvgIpc) is 2.65. The fourth-order valence-electron chi connectivity index (χ4n) is 1.15. The number of nitrogen functional groups attached to an aromatic ring is 1. The topological polar surface area (TPSA) is 76.8 Å². The van der Waals surface area contributed by atoms with E-state index in [4.69, 9.17) is 10.5 Å². The lowest BCUT2D eigenvalue weighted by Crippen LogP contribution is -1.88. The fourth-order valence-corrected chi connectivity index (χ4v) is 1.15. The second-order valence-electron chi connectivity index (χ2n) is 2.76. The number of aromatic nitrogens is 3. The lowest BCUT2D eigenvalue weighted by molar-refractivity contribution is 0.414. The normalized spacial score (nSPS) is 10.1. The van der Waals surface area contributed by atoms with Crippen LogP contribution in [0.2, 0.25) is 0 Å². The molecule has 0 saturated heterocycles. The summed E-state index contributed by atoms with van der Waals surface area (Å²) in [7, 11) is 1.61. The van der Waals surface area contributed by atoms with Crippen LogP contribution in [0, 0.1) is 0 Å². The SMILES string of the molecule is COc1ccnc(-c2cnc(N)[nH]2)c1. The summed E-state index contributed by atoms with van der Waals surface area (Å²) in [4.78, 5) is 10.9. The van der Waals surface area contributed by atoms with Crippen molar-refractivity contribution in [2.24, 2.45) is 0 Å². The van der Waals surface area contributed by atoms with E-state index in [1.54, 1.807) is 25.6 Å². The molecule has 0 amide bonds. The van der Waals surface area contributed by atoms with Crippen molar-refractivity contribution in [3.05, 3.63) is 24.5 Å². The standard InChI is InChI=1S/C9H10N4O/c1-14-6-2-3-11-7(4-6)8-5-12-9(10)13-8/h2-5H,1H3,(H3,10,12,13). The maximum Gasteiger partial charge on any atom is 0.197 e. The first kappa shape index (κ1) is 8.55. The van der Waals surface area contributed by atoms with E-state index in [9.17, 15) is 0 Å². The fraction of sp³-hybridized carbons (Fsp3) is 0.111. The van der Waals surface area contributed by atoms with Crippen LogP contribution in [0.15, 0.2) is 24.5 Å². The molecule has 5 heteroatoms. The highest BCUT2D eigenvalue weighted by atomic mass is 16.5. The van der Waals surface area contributed by atoms with Crippen LogP contribution >= 0.6 is 0 Å². The van der Waals surface area contributed by atoms with Crippen molar-refractivity contribution in [2.75, 3.05) is 12.8 Å². The van der Waals surface area contributed by atoms with E-state index in [0.717, 1.165) is 17.1 Å². The zero-order valence-corrected chi connectivity index (χ0v) is 7.69. The molecule has 3 N–H and O–H groups in total. The van der Waals surface area contributed by atoms with Gasteiger partial charge in [0.25, 0.3) is 0 Å². The number of nitrogens with one attached hydrogen (secondary N) is 1. The third-order valence-corrected chi connectivity index (χ3v) is 1.84. The first-order valence-corrected chi connectivity index (χ1v) is 4.10. The summed E-state index contributed by atoms with van der Waals surface area (Å²) in [6, 6.07) is 3.59. The van der Waals surface area contributed by atoms with E-state index < -0.39 is 0 Å². The van der Waals surface area contributed by atoms with Crippen molar-refractivity contribution in [1.82, 2.24) is 15.0 Å². The number of pyridine rings is 1. The molecule has 0 radical (unpaired) electrons. The number of anilines is 1. The zero-order valence-electron chi connectivity index (χ0n) is 7.69. The molecule has 0 aliphatic carbocycles. The van der Waals surface area contributed by atoms with Gasteiger partial charge in [0, 0.05) is 12.3 Å². The van der Waals surface area contributed by atoms with E-state index in [2.05, 4.69) is 15.0 Å². The largest absolute Gasteiger partial charge is 0.497 e. The maximum atomic E-state index is 5.46. The van der Waals surface area contributed by atoms with Gasteiger partial charge in [-0.15, -0.1) is 0 Å². The van der Waals surface area contributed by atoms with Gasteiger partial charge in [-0.3, -0.25) is 4.98 Å². The molecule has 2 aromatic heterocycles. The first-order valence-electron chi connectivity index (χ1n) is 4.10. The maximum absolute atomic E-state index is 5.46. The molecule has 2 aromatic rings. The monoisotopic (exact) mass is 190 g/mol. The van der Waals surface area contributed by atoms with Crippen molar-refractivity contribution in [3.63, 3.8) is 0 Å². The van der Waals surface area contributed by atoms with Crippen molar-refractivity contribution in [2.45, 2.75) is 0 Å².